The van der Waals surface area contributed by atoms with Crippen LogP contribution in [0, 0.1) is 18.6 Å². The van der Waals surface area contributed by atoms with E-state index in [1.54, 1.807) is 19.1 Å². The lowest BCUT2D eigenvalue weighted by molar-refractivity contribution is 0.112. The van der Waals surface area contributed by atoms with Crippen molar-refractivity contribution in [1.82, 2.24) is 0 Å². The first-order valence-electron chi connectivity index (χ1n) is 5.28. The molecule has 4 heteroatoms. The maximum Gasteiger partial charge on any atom is 0.150 e. The molecule has 2 aromatic rings. The van der Waals surface area contributed by atoms with Gasteiger partial charge in [-0.1, -0.05) is 6.07 Å². The highest BCUT2D eigenvalue weighted by atomic mass is 19.1. The number of halogens is 2. The molecular weight excluding hydrogens is 238 g/mol. The van der Waals surface area contributed by atoms with E-state index in [-0.39, 0.29) is 17.1 Å². The summed E-state index contributed by atoms with van der Waals surface area (Å²) in [7, 11) is 0. The number of ether oxygens (including phenoxy) is 1. The Hall–Kier alpha value is -2.23. The van der Waals surface area contributed by atoms with Crippen LogP contribution in [0.5, 0.6) is 11.5 Å². The molecule has 0 heterocycles. The van der Waals surface area contributed by atoms with E-state index >= 15 is 0 Å². The van der Waals surface area contributed by atoms with Crippen molar-refractivity contribution in [2.24, 2.45) is 0 Å². The van der Waals surface area contributed by atoms with Crippen LogP contribution in [0.2, 0.25) is 0 Å². The van der Waals surface area contributed by atoms with Crippen LogP contribution in [0.3, 0.4) is 0 Å². The lowest BCUT2D eigenvalue weighted by Gasteiger charge is -2.07. The minimum Gasteiger partial charge on any atom is -0.457 e. The van der Waals surface area contributed by atoms with E-state index in [1.165, 1.54) is 12.1 Å². The summed E-state index contributed by atoms with van der Waals surface area (Å²) in [6, 6.07) is 7.95. The topological polar surface area (TPSA) is 26.3 Å². The summed E-state index contributed by atoms with van der Waals surface area (Å²) < 4.78 is 31.7. The van der Waals surface area contributed by atoms with Crippen LogP contribution in [0.4, 0.5) is 8.78 Å². The number of hydrogen-bond acceptors (Lipinski definition) is 2. The molecule has 2 nitrogen and oxygen atoms in total. The Morgan fingerprint density at radius 3 is 2.50 bits per heavy atom. The molecule has 18 heavy (non-hydrogen) atoms. The first kappa shape index (κ1) is 12.2. The highest BCUT2D eigenvalue weighted by molar-refractivity contribution is 5.75. The van der Waals surface area contributed by atoms with Crippen molar-refractivity contribution < 1.29 is 18.3 Å². The summed E-state index contributed by atoms with van der Waals surface area (Å²) in [4.78, 5) is 10.6. The molecule has 0 aliphatic carbocycles. The predicted molar refractivity (Wildman–Crippen MR) is 63.0 cm³/mol. The van der Waals surface area contributed by atoms with E-state index < -0.39 is 11.6 Å². The van der Waals surface area contributed by atoms with Crippen LogP contribution in [-0.2, 0) is 0 Å². The molecule has 0 fully saturated rings. The third-order valence-electron chi connectivity index (χ3n) is 2.41. The zero-order chi connectivity index (χ0) is 13.1. The molecule has 0 atom stereocenters. The Morgan fingerprint density at radius 2 is 1.83 bits per heavy atom. The molecule has 0 spiro atoms. The van der Waals surface area contributed by atoms with Crippen molar-refractivity contribution >= 4 is 6.29 Å². The lowest BCUT2D eigenvalue weighted by Crippen LogP contribution is -1.90. The van der Waals surface area contributed by atoms with E-state index in [2.05, 4.69) is 0 Å². The zero-order valence-electron chi connectivity index (χ0n) is 9.61. The molecule has 0 aliphatic heterocycles. The number of aldehydes is 1. The second kappa shape index (κ2) is 4.96. The quantitative estimate of drug-likeness (QED) is 0.770. The van der Waals surface area contributed by atoms with E-state index in [0.717, 1.165) is 12.1 Å². The van der Waals surface area contributed by atoms with Crippen LogP contribution in [0.1, 0.15) is 15.9 Å². The van der Waals surface area contributed by atoms with Crippen LogP contribution in [0.25, 0.3) is 0 Å². The minimum absolute atomic E-state index is 0.153. The summed E-state index contributed by atoms with van der Waals surface area (Å²) in [6.07, 6.45) is 0.520. The number of benzene rings is 2. The highest BCUT2D eigenvalue weighted by Gasteiger charge is 2.05. The van der Waals surface area contributed by atoms with Gasteiger partial charge in [0.05, 0.1) is 0 Å². The van der Waals surface area contributed by atoms with Crippen LogP contribution in [0.15, 0.2) is 36.4 Å². The average molecular weight is 248 g/mol. The molecule has 0 aliphatic rings. The zero-order valence-corrected chi connectivity index (χ0v) is 9.61. The van der Waals surface area contributed by atoms with Crippen LogP contribution >= 0.6 is 0 Å². The van der Waals surface area contributed by atoms with E-state index in [1.807, 2.05) is 0 Å². The van der Waals surface area contributed by atoms with Gasteiger partial charge >= 0.3 is 0 Å². The van der Waals surface area contributed by atoms with Gasteiger partial charge in [-0.3, -0.25) is 4.79 Å². The third kappa shape index (κ3) is 2.71. The maximum atomic E-state index is 13.3. The van der Waals surface area contributed by atoms with E-state index in [0.29, 0.717) is 11.8 Å². The van der Waals surface area contributed by atoms with Gasteiger partial charge in [0.1, 0.15) is 29.4 Å². The normalized spacial score (nSPS) is 10.2. The van der Waals surface area contributed by atoms with Gasteiger partial charge in [-0.15, -0.1) is 0 Å². The first-order valence-corrected chi connectivity index (χ1v) is 5.28. The number of carbonyl (C=O) groups is 1. The number of rotatable bonds is 3. The molecule has 0 aromatic heterocycles. The summed E-state index contributed by atoms with van der Waals surface area (Å²) in [5.41, 5.74) is 0.660. The van der Waals surface area contributed by atoms with Crippen molar-refractivity contribution in [3.05, 3.63) is 59.2 Å². The van der Waals surface area contributed by atoms with Gasteiger partial charge in [-0.05, 0) is 30.7 Å². The Morgan fingerprint density at radius 1 is 1.06 bits per heavy atom. The molecule has 0 amide bonds. The molecule has 0 N–H and O–H groups in total. The number of hydrogen-bond donors (Lipinski definition) is 0. The van der Waals surface area contributed by atoms with Crippen molar-refractivity contribution in [2.45, 2.75) is 6.92 Å². The van der Waals surface area contributed by atoms with Crippen molar-refractivity contribution in [2.75, 3.05) is 0 Å². The Bertz CT molecular complexity index is 594. The fraction of sp³-hybridized carbons (Fsp3) is 0.0714. The fourth-order valence-corrected chi connectivity index (χ4v) is 1.48. The standard InChI is InChI=1S/C14H10F2O2/c1-9-2-3-12(7-14(9)16)18-13-5-10(8-17)4-11(15)6-13/h2-8H,1H3. The van der Waals surface area contributed by atoms with Gasteiger partial charge in [0.2, 0.25) is 0 Å². The molecule has 2 rings (SSSR count). The van der Waals surface area contributed by atoms with Crippen molar-refractivity contribution in [3.8, 4) is 11.5 Å². The molecule has 2 aromatic carbocycles. The van der Waals surface area contributed by atoms with Crippen molar-refractivity contribution in [3.63, 3.8) is 0 Å². The molecule has 0 saturated carbocycles. The van der Waals surface area contributed by atoms with Gasteiger partial charge in [0.15, 0.2) is 0 Å². The lowest BCUT2D eigenvalue weighted by atomic mass is 10.2. The number of carbonyl (C=O) groups excluding carboxylic acids is 1. The fourth-order valence-electron chi connectivity index (χ4n) is 1.48. The van der Waals surface area contributed by atoms with Gasteiger partial charge in [0.25, 0.3) is 0 Å². The summed E-state index contributed by atoms with van der Waals surface area (Å²) in [6.45, 7) is 1.63. The Labute approximate surface area is 103 Å². The Balaban J connectivity index is 2.30. The molecule has 92 valence electrons. The van der Waals surface area contributed by atoms with Gasteiger partial charge in [-0.25, -0.2) is 8.78 Å². The smallest absolute Gasteiger partial charge is 0.150 e. The summed E-state index contributed by atoms with van der Waals surface area (Å²) >= 11 is 0. The second-order valence-corrected chi connectivity index (χ2v) is 3.85. The van der Waals surface area contributed by atoms with E-state index in [9.17, 15) is 13.6 Å². The molecule has 0 saturated heterocycles. The molecule has 0 bridgehead atoms. The Kier molecular flexibility index (Phi) is 3.37. The van der Waals surface area contributed by atoms with Crippen molar-refractivity contribution in [1.29, 1.82) is 0 Å². The number of aryl methyl sites for hydroxylation is 1. The predicted octanol–water partition coefficient (Wildman–Crippen LogP) is 3.88. The van der Waals surface area contributed by atoms with Gasteiger partial charge in [-0.2, -0.15) is 0 Å². The third-order valence-corrected chi connectivity index (χ3v) is 2.41. The largest absolute Gasteiger partial charge is 0.457 e. The van der Waals surface area contributed by atoms with Crippen LogP contribution in [-0.4, -0.2) is 6.29 Å². The first-order chi connectivity index (χ1) is 8.58. The monoisotopic (exact) mass is 248 g/mol. The second-order valence-electron chi connectivity index (χ2n) is 3.85. The van der Waals surface area contributed by atoms with Gasteiger partial charge < -0.3 is 4.74 Å². The summed E-state index contributed by atoms with van der Waals surface area (Å²) in [5.74, 6) is -0.581. The molecular formula is C14H10F2O2. The summed E-state index contributed by atoms with van der Waals surface area (Å²) in [5, 5.41) is 0. The highest BCUT2D eigenvalue weighted by Crippen LogP contribution is 2.24. The van der Waals surface area contributed by atoms with E-state index in [4.69, 9.17) is 4.74 Å². The SMILES string of the molecule is Cc1ccc(Oc2cc(F)cc(C=O)c2)cc1F. The van der Waals surface area contributed by atoms with Gasteiger partial charge in [0, 0.05) is 17.7 Å². The maximum absolute atomic E-state index is 13.3. The molecule has 0 radical (unpaired) electrons. The minimum atomic E-state index is -0.581. The average Bonchev–Trinajstić information content (AvgIpc) is 2.33. The molecule has 0 unspecified atom stereocenters. The van der Waals surface area contributed by atoms with Crippen LogP contribution < -0.4 is 4.74 Å².